The Hall–Kier alpha value is -3.02. The number of phenolic OH excluding ortho intramolecular Hbond substituents is 2. The zero-order chi connectivity index (χ0) is 22.5. The maximum atomic E-state index is 13.2. The molecule has 6 nitrogen and oxygen atoms in total. The molecule has 1 unspecified atom stereocenters. The number of amides is 1. The van der Waals surface area contributed by atoms with Crippen LogP contribution in [0, 0.1) is 5.92 Å². The third-order valence-electron chi connectivity index (χ3n) is 5.76. The van der Waals surface area contributed by atoms with Gasteiger partial charge in [-0.15, -0.1) is 0 Å². The number of fused-ring (bicyclic) bond motifs is 1. The number of carbonyl (C=O) groups excluding carboxylic acids is 2. The molecule has 3 rings (SSSR count). The van der Waals surface area contributed by atoms with Crippen LogP contribution in [0.3, 0.4) is 0 Å². The third-order valence-corrected chi connectivity index (χ3v) is 5.76. The Labute approximate surface area is 183 Å². The first-order chi connectivity index (χ1) is 14.8. The smallest absolute Gasteiger partial charge is 0.257 e. The SMILES string of the molecule is CCCCN(C)C(=O)c1cc(C(=O)C2Cc3ccc(OCCC)cc3C2)c(O)cc1O. The zero-order valence-electron chi connectivity index (χ0n) is 18.5. The van der Waals surface area contributed by atoms with Gasteiger partial charge in [-0.25, -0.2) is 0 Å². The topological polar surface area (TPSA) is 87.1 Å². The Morgan fingerprint density at radius 2 is 1.71 bits per heavy atom. The number of hydrogen-bond donors (Lipinski definition) is 2. The third kappa shape index (κ3) is 5.01. The van der Waals surface area contributed by atoms with Crippen LogP contribution in [-0.4, -0.2) is 47.0 Å². The summed E-state index contributed by atoms with van der Waals surface area (Å²) < 4.78 is 5.69. The highest BCUT2D eigenvalue weighted by molar-refractivity contribution is 6.05. The molecule has 1 aliphatic carbocycles. The van der Waals surface area contributed by atoms with Crippen molar-refractivity contribution in [2.24, 2.45) is 5.92 Å². The van der Waals surface area contributed by atoms with Crippen LogP contribution in [0.2, 0.25) is 0 Å². The lowest BCUT2D eigenvalue weighted by Gasteiger charge is -2.18. The first-order valence-corrected chi connectivity index (χ1v) is 11.0. The molecular weight excluding hydrogens is 394 g/mol. The lowest BCUT2D eigenvalue weighted by atomic mass is 9.93. The molecule has 0 saturated carbocycles. The molecule has 0 fully saturated rings. The summed E-state index contributed by atoms with van der Waals surface area (Å²) in [5, 5.41) is 20.6. The average molecular weight is 426 g/mol. The lowest BCUT2D eigenvalue weighted by molar-refractivity contribution is 0.0790. The van der Waals surface area contributed by atoms with Gasteiger partial charge in [0.2, 0.25) is 0 Å². The fraction of sp³-hybridized carbons (Fsp3) is 0.440. The summed E-state index contributed by atoms with van der Waals surface area (Å²) >= 11 is 0. The summed E-state index contributed by atoms with van der Waals surface area (Å²) in [7, 11) is 1.66. The predicted octanol–water partition coefficient (Wildman–Crippen LogP) is 4.36. The van der Waals surface area contributed by atoms with E-state index in [1.165, 1.54) is 11.0 Å². The van der Waals surface area contributed by atoms with Crippen LogP contribution in [-0.2, 0) is 12.8 Å². The number of hydrogen-bond acceptors (Lipinski definition) is 5. The number of ether oxygens (including phenoxy) is 1. The number of phenols is 2. The predicted molar refractivity (Wildman–Crippen MR) is 119 cm³/mol. The Balaban J connectivity index is 1.80. The summed E-state index contributed by atoms with van der Waals surface area (Å²) in [4.78, 5) is 27.5. The summed E-state index contributed by atoms with van der Waals surface area (Å²) in [5.74, 6) is -0.757. The molecule has 31 heavy (non-hydrogen) atoms. The maximum absolute atomic E-state index is 13.2. The second-order valence-corrected chi connectivity index (χ2v) is 8.22. The first-order valence-electron chi connectivity index (χ1n) is 11.0. The van der Waals surface area contributed by atoms with Crippen molar-refractivity contribution in [1.29, 1.82) is 0 Å². The molecular formula is C25H31NO5. The number of unbranched alkanes of at least 4 members (excludes halogenated alkanes) is 1. The number of aromatic hydroxyl groups is 2. The highest BCUT2D eigenvalue weighted by atomic mass is 16.5. The zero-order valence-corrected chi connectivity index (χ0v) is 18.5. The summed E-state index contributed by atoms with van der Waals surface area (Å²) in [6.07, 6.45) is 3.83. The molecule has 1 amide bonds. The van der Waals surface area contributed by atoms with Crippen molar-refractivity contribution >= 4 is 11.7 Å². The first kappa shape index (κ1) is 22.7. The van der Waals surface area contributed by atoms with Crippen LogP contribution < -0.4 is 4.74 Å². The van der Waals surface area contributed by atoms with E-state index in [-0.39, 0.29) is 40.2 Å². The van der Waals surface area contributed by atoms with E-state index in [9.17, 15) is 19.8 Å². The monoisotopic (exact) mass is 425 g/mol. The lowest BCUT2D eigenvalue weighted by Crippen LogP contribution is -2.28. The summed E-state index contributed by atoms with van der Waals surface area (Å²) in [6, 6.07) is 8.31. The van der Waals surface area contributed by atoms with E-state index in [2.05, 4.69) is 0 Å². The van der Waals surface area contributed by atoms with Gasteiger partial charge in [-0.05, 0) is 55.0 Å². The van der Waals surface area contributed by atoms with Gasteiger partial charge in [0.05, 0.1) is 17.7 Å². The van der Waals surface area contributed by atoms with E-state index in [1.807, 2.05) is 32.0 Å². The molecule has 2 N–H and O–H groups in total. The standard InChI is InChI=1S/C25H31NO5/c1-4-6-9-26(3)25(30)21-14-20(22(27)15-23(21)28)24(29)18-11-16-7-8-19(31-10-5-2)13-17(16)12-18/h7-8,13-15,18,27-28H,4-6,9-12H2,1-3H3. The van der Waals surface area contributed by atoms with Crippen molar-refractivity contribution in [2.45, 2.75) is 46.0 Å². The van der Waals surface area contributed by atoms with Gasteiger partial charge in [-0.3, -0.25) is 9.59 Å². The molecule has 0 aliphatic heterocycles. The van der Waals surface area contributed by atoms with Crippen molar-refractivity contribution in [1.82, 2.24) is 4.90 Å². The van der Waals surface area contributed by atoms with Gasteiger partial charge >= 0.3 is 0 Å². The highest BCUT2D eigenvalue weighted by Gasteiger charge is 2.31. The van der Waals surface area contributed by atoms with Crippen molar-refractivity contribution in [3.8, 4) is 17.2 Å². The van der Waals surface area contributed by atoms with Crippen LogP contribution >= 0.6 is 0 Å². The van der Waals surface area contributed by atoms with E-state index < -0.39 is 0 Å². The van der Waals surface area contributed by atoms with Gasteiger partial charge in [-0.1, -0.05) is 26.3 Å². The average Bonchev–Trinajstić information content (AvgIpc) is 3.18. The molecule has 0 heterocycles. The summed E-state index contributed by atoms with van der Waals surface area (Å²) in [6.45, 7) is 5.28. The van der Waals surface area contributed by atoms with Gasteiger partial charge in [0.1, 0.15) is 17.2 Å². The minimum Gasteiger partial charge on any atom is -0.507 e. The molecule has 1 atom stereocenters. The number of ketones is 1. The molecule has 0 saturated heterocycles. The van der Waals surface area contributed by atoms with Crippen molar-refractivity contribution in [3.05, 3.63) is 52.6 Å². The Morgan fingerprint density at radius 1 is 1.00 bits per heavy atom. The molecule has 166 valence electrons. The number of rotatable bonds is 9. The second-order valence-electron chi connectivity index (χ2n) is 8.22. The fourth-order valence-electron chi connectivity index (χ4n) is 3.96. The maximum Gasteiger partial charge on any atom is 0.257 e. The van der Waals surface area contributed by atoms with Gasteiger partial charge in [-0.2, -0.15) is 0 Å². The largest absolute Gasteiger partial charge is 0.507 e. The quantitative estimate of drug-likeness (QED) is 0.583. The molecule has 2 aromatic rings. The van der Waals surface area contributed by atoms with Crippen LogP contribution in [0.15, 0.2) is 30.3 Å². The van der Waals surface area contributed by atoms with Crippen molar-refractivity contribution in [2.75, 3.05) is 20.2 Å². The van der Waals surface area contributed by atoms with Gasteiger partial charge in [0, 0.05) is 25.6 Å². The van der Waals surface area contributed by atoms with Crippen LogP contribution in [0.25, 0.3) is 0 Å². The number of Topliss-reactive ketones (excluding diaryl/α,β-unsaturated/α-hetero) is 1. The fourth-order valence-corrected chi connectivity index (χ4v) is 3.96. The van der Waals surface area contributed by atoms with Crippen LogP contribution in [0.4, 0.5) is 0 Å². The van der Waals surface area contributed by atoms with E-state index in [1.54, 1.807) is 7.05 Å². The van der Waals surface area contributed by atoms with E-state index >= 15 is 0 Å². The number of nitrogens with zero attached hydrogens (tertiary/aromatic N) is 1. The van der Waals surface area contributed by atoms with E-state index in [0.717, 1.165) is 42.2 Å². The Bertz CT molecular complexity index is 969. The molecule has 6 heteroatoms. The molecule has 2 aromatic carbocycles. The Kier molecular flexibility index (Phi) is 7.21. The van der Waals surface area contributed by atoms with Crippen molar-refractivity contribution < 1.29 is 24.5 Å². The molecule has 0 radical (unpaired) electrons. The Morgan fingerprint density at radius 3 is 2.42 bits per heavy atom. The van der Waals surface area contributed by atoms with Crippen LogP contribution in [0.1, 0.15) is 65.0 Å². The normalized spacial score (nSPS) is 14.9. The van der Waals surface area contributed by atoms with Gasteiger partial charge < -0.3 is 19.8 Å². The molecule has 1 aliphatic rings. The van der Waals surface area contributed by atoms with E-state index in [4.69, 9.17) is 4.74 Å². The molecule has 0 aromatic heterocycles. The summed E-state index contributed by atoms with van der Waals surface area (Å²) in [5.41, 5.74) is 2.27. The van der Waals surface area contributed by atoms with Crippen molar-refractivity contribution in [3.63, 3.8) is 0 Å². The van der Waals surface area contributed by atoms with Gasteiger partial charge in [0.25, 0.3) is 5.91 Å². The molecule has 0 bridgehead atoms. The number of benzene rings is 2. The van der Waals surface area contributed by atoms with Crippen LogP contribution in [0.5, 0.6) is 17.2 Å². The minimum absolute atomic E-state index is 0.0329. The highest BCUT2D eigenvalue weighted by Crippen LogP contribution is 2.35. The number of carbonyl (C=O) groups is 2. The van der Waals surface area contributed by atoms with E-state index in [0.29, 0.717) is 26.0 Å². The second kappa shape index (κ2) is 9.86. The minimum atomic E-state index is -0.368. The molecule has 0 spiro atoms. The van der Waals surface area contributed by atoms with Gasteiger partial charge in [0.15, 0.2) is 5.78 Å².